The summed E-state index contributed by atoms with van der Waals surface area (Å²) in [5.41, 5.74) is 1.05. The summed E-state index contributed by atoms with van der Waals surface area (Å²) in [4.78, 5) is 0. The van der Waals surface area contributed by atoms with Crippen LogP contribution in [0.4, 0.5) is 0 Å². The lowest BCUT2D eigenvalue weighted by Crippen LogP contribution is -1.98. The molecule has 0 aromatic heterocycles. The van der Waals surface area contributed by atoms with Gasteiger partial charge in [-0.3, -0.25) is 4.29 Å². The van der Waals surface area contributed by atoms with Gasteiger partial charge in [0.2, 0.25) is 0 Å². The van der Waals surface area contributed by atoms with E-state index >= 15 is 0 Å². The molecule has 0 aromatic carbocycles. The summed E-state index contributed by atoms with van der Waals surface area (Å²) in [6, 6.07) is 0. The summed E-state index contributed by atoms with van der Waals surface area (Å²) in [7, 11) is 1.64. The Hall–Kier alpha value is -0.0500. The zero-order valence-corrected chi connectivity index (χ0v) is 6.44. The van der Waals surface area contributed by atoms with Gasteiger partial charge in [-0.05, 0) is 12.5 Å². The van der Waals surface area contributed by atoms with E-state index < -0.39 is 0 Å². The van der Waals surface area contributed by atoms with E-state index in [0.717, 1.165) is 5.57 Å². The lowest BCUT2D eigenvalue weighted by molar-refractivity contribution is 0.213. The van der Waals surface area contributed by atoms with E-state index in [4.69, 9.17) is 16.6 Å². The van der Waals surface area contributed by atoms with Crippen LogP contribution in [0.15, 0.2) is 11.6 Å². The number of hydrogen-bond acceptors (Lipinski definition) is 2. The molecule has 0 saturated heterocycles. The second-order valence-corrected chi connectivity index (χ2v) is 1.85. The number of allylic oxidation sites excluding steroid dienone is 1. The first-order valence-corrected chi connectivity index (χ1v) is 3.02. The van der Waals surface area contributed by atoms with E-state index in [9.17, 15) is 0 Å². The molecule has 3 heteroatoms. The standard InChI is InChI=1S/C6H11ClO2/c1-3-6(4-8-2)5-9-7/h3H,4-5H2,1-2H3/b6-3-. The van der Waals surface area contributed by atoms with Gasteiger partial charge >= 0.3 is 0 Å². The number of ether oxygens (including phenoxy) is 1. The lowest BCUT2D eigenvalue weighted by Gasteiger charge is -2.00. The van der Waals surface area contributed by atoms with Gasteiger partial charge in [0.15, 0.2) is 0 Å². The minimum Gasteiger partial charge on any atom is -0.380 e. The van der Waals surface area contributed by atoms with Gasteiger partial charge in [-0.15, -0.1) is 0 Å². The van der Waals surface area contributed by atoms with Crippen molar-refractivity contribution in [3.05, 3.63) is 11.6 Å². The van der Waals surface area contributed by atoms with E-state index in [0.29, 0.717) is 13.2 Å². The minimum atomic E-state index is 0.436. The molecule has 54 valence electrons. The molecule has 0 amide bonds. The Morgan fingerprint density at radius 1 is 1.56 bits per heavy atom. The van der Waals surface area contributed by atoms with Gasteiger partial charge in [-0.2, -0.15) is 0 Å². The number of methoxy groups -OCH3 is 1. The fraction of sp³-hybridized carbons (Fsp3) is 0.667. The highest BCUT2D eigenvalue weighted by Crippen LogP contribution is 1.96. The molecule has 9 heavy (non-hydrogen) atoms. The topological polar surface area (TPSA) is 18.5 Å². The molecule has 2 nitrogen and oxygen atoms in total. The highest BCUT2D eigenvalue weighted by Gasteiger charge is 1.92. The van der Waals surface area contributed by atoms with E-state index in [1.54, 1.807) is 7.11 Å². The number of hydrogen-bond donors (Lipinski definition) is 0. The van der Waals surface area contributed by atoms with Crippen molar-refractivity contribution in [1.29, 1.82) is 0 Å². The van der Waals surface area contributed by atoms with Crippen molar-refractivity contribution in [2.75, 3.05) is 20.3 Å². The monoisotopic (exact) mass is 150 g/mol. The molecule has 0 aliphatic carbocycles. The highest BCUT2D eigenvalue weighted by molar-refractivity contribution is 6.07. The minimum absolute atomic E-state index is 0.436. The molecule has 0 radical (unpaired) electrons. The maximum absolute atomic E-state index is 5.01. The van der Waals surface area contributed by atoms with Crippen LogP contribution >= 0.6 is 11.9 Å². The average Bonchev–Trinajstić information content (AvgIpc) is 1.88. The lowest BCUT2D eigenvalue weighted by atomic mass is 10.3. The van der Waals surface area contributed by atoms with Crippen molar-refractivity contribution in [2.24, 2.45) is 0 Å². The van der Waals surface area contributed by atoms with Gasteiger partial charge in [0.05, 0.1) is 25.1 Å². The summed E-state index contributed by atoms with van der Waals surface area (Å²) < 4.78 is 9.21. The van der Waals surface area contributed by atoms with Gasteiger partial charge in [0, 0.05) is 7.11 Å². The molecule has 0 spiro atoms. The van der Waals surface area contributed by atoms with Crippen LogP contribution in [0.1, 0.15) is 6.92 Å². The fourth-order valence-electron chi connectivity index (χ4n) is 0.464. The van der Waals surface area contributed by atoms with Crippen molar-refractivity contribution in [3.8, 4) is 0 Å². The van der Waals surface area contributed by atoms with Crippen LogP contribution in [0.2, 0.25) is 0 Å². The molecular weight excluding hydrogens is 140 g/mol. The summed E-state index contributed by atoms with van der Waals surface area (Å²) in [6.45, 7) is 2.94. The van der Waals surface area contributed by atoms with E-state index in [1.165, 1.54) is 0 Å². The van der Waals surface area contributed by atoms with Crippen molar-refractivity contribution in [3.63, 3.8) is 0 Å². The number of halogens is 1. The predicted octanol–water partition coefficient (Wildman–Crippen LogP) is 1.75. The van der Waals surface area contributed by atoms with Gasteiger partial charge in [0.25, 0.3) is 0 Å². The van der Waals surface area contributed by atoms with Gasteiger partial charge in [-0.1, -0.05) is 6.08 Å². The van der Waals surface area contributed by atoms with Crippen LogP contribution in [0, 0.1) is 0 Å². The second kappa shape index (κ2) is 6.08. The fourth-order valence-corrected chi connectivity index (χ4v) is 0.604. The van der Waals surface area contributed by atoms with E-state index in [1.807, 2.05) is 13.0 Å². The Bertz CT molecular complexity index is 83.1. The molecule has 0 bridgehead atoms. The highest BCUT2D eigenvalue weighted by atomic mass is 35.5. The molecule has 0 aromatic rings. The van der Waals surface area contributed by atoms with Crippen molar-refractivity contribution >= 4 is 11.9 Å². The molecule has 0 atom stereocenters. The normalized spacial score (nSPS) is 12.1. The zero-order chi connectivity index (χ0) is 7.11. The molecule has 0 aliphatic heterocycles. The predicted molar refractivity (Wildman–Crippen MR) is 37.4 cm³/mol. The average molecular weight is 151 g/mol. The van der Waals surface area contributed by atoms with Crippen LogP contribution in [0.25, 0.3) is 0 Å². The van der Waals surface area contributed by atoms with Crippen molar-refractivity contribution in [1.82, 2.24) is 0 Å². The molecule has 0 unspecified atom stereocenters. The molecule has 0 N–H and O–H groups in total. The first kappa shape index (κ1) is 8.95. The molecule has 0 saturated carbocycles. The first-order chi connectivity index (χ1) is 4.35. The molecule has 0 heterocycles. The van der Waals surface area contributed by atoms with Gasteiger partial charge < -0.3 is 4.74 Å². The summed E-state index contributed by atoms with van der Waals surface area (Å²) in [5.74, 6) is 0. The van der Waals surface area contributed by atoms with Crippen LogP contribution in [0.5, 0.6) is 0 Å². The second-order valence-electron chi connectivity index (χ2n) is 1.63. The third-order valence-electron chi connectivity index (χ3n) is 0.978. The van der Waals surface area contributed by atoms with Gasteiger partial charge in [0.1, 0.15) is 0 Å². The maximum atomic E-state index is 5.01. The summed E-state index contributed by atoms with van der Waals surface area (Å²) in [6.07, 6.45) is 1.92. The Labute approximate surface area is 60.6 Å². The smallest absolute Gasteiger partial charge is 0.0915 e. The molecule has 0 fully saturated rings. The van der Waals surface area contributed by atoms with Crippen LogP contribution in [-0.2, 0) is 9.03 Å². The van der Waals surface area contributed by atoms with Crippen LogP contribution in [-0.4, -0.2) is 20.3 Å². The van der Waals surface area contributed by atoms with Crippen LogP contribution < -0.4 is 0 Å². The zero-order valence-electron chi connectivity index (χ0n) is 5.69. The Morgan fingerprint density at radius 2 is 2.22 bits per heavy atom. The maximum Gasteiger partial charge on any atom is 0.0915 e. The summed E-state index contributed by atoms with van der Waals surface area (Å²) in [5, 5.41) is 0. The first-order valence-electron chi connectivity index (χ1n) is 2.71. The Kier molecular flexibility index (Phi) is 6.04. The third kappa shape index (κ3) is 4.45. The van der Waals surface area contributed by atoms with E-state index in [-0.39, 0.29) is 0 Å². The quantitative estimate of drug-likeness (QED) is 0.569. The van der Waals surface area contributed by atoms with Crippen molar-refractivity contribution < 1.29 is 9.03 Å². The Morgan fingerprint density at radius 3 is 2.56 bits per heavy atom. The van der Waals surface area contributed by atoms with Crippen molar-refractivity contribution in [2.45, 2.75) is 6.92 Å². The van der Waals surface area contributed by atoms with Gasteiger partial charge in [-0.25, -0.2) is 0 Å². The molecule has 0 rings (SSSR count). The Balaban J connectivity index is 3.43. The van der Waals surface area contributed by atoms with E-state index in [2.05, 4.69) is 4.29 Å². The molecule has 0 aliphatic rings. The number of rotatable bonds is 4. The molecular formula is C6H11ClO2. The third-order valence-corrected chi connectivity index (χ3v) is 1.09. The largest absolute Gasteiger partial charge is 0.380 e. The summed E-state index contributed by atoms with van der Waals surface area (Å²) >= 11 is 5.01. The van der Waals surface area contributed by atoms with Crippen LogP contribution in [0.3, 0.4) is 0 Å². The SMILES string of the molecule is C/C=C(/COC)COCl.